The first-order chi connectivity index (χ1) is 8.37. The summed E-state index contributed by atoms with van der Waals surface area (Å²) in [6.07, 6.45) is -0.179. The topological polar surface area (TPSA) is 44.8 Å². The minimum atomic E-state index is -0.411. The van der Waals surface area contributed by atoms with E-state index >= 15 is 0 Å². The van der Waals surface area contributed by atoms with Gasteiger partial charge in [0.2, 0.25) is 0 Å². The van der Waals surface area contributed by atoms with E-state index in [4.69, 9.17) is 4.74 Å². The third-order valence-corrected chi connectivity index (χ3v) is 3.56. The first kappa shape index (κ1) is 13.6. The van der Waals surface area contributed by atoms with Crippen LogP contribution in [0.5, 0.6) is 0 Å². The number of nitrogens with one attached hydrogen (secondary N) is 1. The van der Waals surface area contributed by atoms with Crippen molar-refractivity contribution in [2.24, 2.45) is 0 Å². The van der Waals surface area contributed by atoms with Crippen molar-refractivity contribution >= 4 is 6.09 Å². The van der Waals surface area contributed by atoms with E-state index in [9.17, 15) is 4.79 Å². The Kier molecular flexibility index (Phi) is 3.82. The molecule has 0 aromatic carbocycles. The molecule has 1 N–H and O–H groups in total. The van der Waals surface area contributed by atoms with Crippen LogP contribution in [0.3, 0.4) is 0 Å². The number of ether oxygens (including phenoxy) is 1. The highest BCUT2D eigenvalue weighted by molar-refractivity contribution is 5.68. The van der Waals surface area contributed by atoms with Gasteiger partial charge in [0.1, 0.15) is 5.60 Å². The third kappa shape index (κ3) is 3.14. The maximum atomic E-state index is 12.1. The highest BCUT2D eigenvalue weighted by atomic mass is 16.6. The Bertz CT molecular complexity index is 310. The van der Waals surface area contributed by atoms with Crippen LogP contribution in [-0.2, 0) is 4.74 Å². The standard InChI is InChI=1S/C13H25N3O2/c1-10-9-15(11-7-14-8-11)5-6-16(10)12(17)18-13(2,3)4/h10-11,14H,5-9H2,1-4H3. The molecule has 0 saturated carbocycles. The lowest BCUT2D eigenvalue weighted by Gasteiger charge is -2.46. The maximum absolute atomic E-state index is 12.1. The highest BCUT2D eigenvalue weighted by Crippen LogP contribution is 2.17. The number of hydrogen-bond acceptors (Lipinski definition) is 4. The molecule has 2 fully saturated rings. The van der Waals surface area contributed by atoms with Crippen LogP contribution in [0.25, 0.3) is 0 Å². The van der Waals surface area contributed by atoms with Crippen molar-refractivity contribution in [2.75, 3.05) is 32.7 Å². The normalized spacial score (nSPS) is 26.9. The van der Waals surface area contributed by atoms with Crippen LogP contribution in [0.1, 0.15) is 27.7 Å². The number of hydrogen-bond donors (Lipinski definition) is 1. The minimum absolute atomic E-state index is 0.179. The Balaban J connectivity index is 1.86. The molecule has 0 aliphatic carbocycles. The fraction of sp³-hybridized carbons (Fsp3) is 0.923. The molecule has 0 spiro atoms. The summed E-state index contributed by atoms with van der Waals surface area (Å²) in [4.78, 5) is 16.4. The van der Waals surface area contributed by atoms with E-state index in [0.717, 1.165) is 32.7 Å². The number of carbonyl (C=O) groups excluding carboxylic acids is 1. The van der Waals surface area contributed by atoms with Crippen LogP contribution >= 0.6 is 0 Å². The zero-order chi connectivity index (χ0) is 13.3. The molecule has 18 heavy (non-hydrogen) atoms. The monoisotopic (exact) mass is 255 g/mol. The van der Waals surface area contributed by atoms with Crippen molar-refractivity contribution in [3.8, 4) is 0 Å². The lowest BCUT2D eigenvalue weighted by atomic mass is 10.1. The van der Waals surface area contributed by atoms with Crippen molar-refractivity contribution < 1.29 is 9.53 Å². The van der Waals surface area contributed by atoms with E-state index in [1.165, 1.54) is 0 Å². The van der Waals surface area contributed by atoms with Crippen molar-refractivity contribution in [2.45, 2.75) is 45.4 Å². The summed E-state index contributed by atoms with van der Waals surface area (Å²) >= 11 is 0. The van der Waals surface area contributed by atoms with E-state index in [1.807, 2.05) is 25.7 Å². The van der Waals surface area contributed by atoms with Crippen LogP contribution in [0.2, 0.25) is 0 Å². The molecule has 0 aromatic rings. The first-order valence-corrected chi connectivity index (χ1v) is 6.81. The molecule has 104 valence electrons. The van der Waals surface area contributed by atoms with Crippen LogP contribution in [0, 0.1) is 0 Å². The first-order valence-electron chi connectivity index (χ1n) is 6.81. The van der Waals surface area contributed by atoms with Crippen LogP contribution in [-0.4, -0.2) is 66.3 Å². The molecular formula is C13H25N3O2. The average Bonchev–Trinajstić information content (AvgIpc) is 2.11. The predicted octanol–water partition coefficient (Wildman–Crippen LogP) is 0.899. The van der Waals surface area contributed by atoms with Gasteiger partial charge in [0.15, 0.2) is 0 Å². The smallest absolute Gasteiger partial charge is 0.410 e. The summed E-state index contributed by atoms with van der Waals surface area (Å²) in [5.74, 6) is 0. The second-order valence-corrected chi connectivity index (χ2v) is 6.33. The van der Waals surface area contributed by atoms with E-state index in [0.29, 0.717) is 6.04 Å². The van der Waals surface area contributed by atoms with E-state index in [-0.39, 0.29) is 12.1 Å². The molecule has 0 bridgehead atoms. The molecule has 1 atom stereocenters. The van der Waals surface area contributed by atoms with Crippen LogP contribution in [0.4, 0.5) is 4.79 Å². The van der Waals surface area contributed by atoms with Gasteiger partial charge < -0.3 is 15.0 Å². The van der Waals surface area contributed by atoms with Crippen molar-refractivity contribution in [3.63, 3.8) is 0 Å². The van der Waals surface area contributed by atoms with Gasteiger partial charge in [-0.3, -0.25) is 4.90 Å². The molecule has 0 radical (unpaired) electrons. The van der Waals surface area contributed by atoms with Gasteiger partial charge in [0, 0.05) is 44.8 Å². The van der Waals surface area contributed by atoms with Crippen molar-refractivity contribution in [1.29, 1.82) is 0 Å². The summed E-state index contributed by atoms with van der Waals surface area (Å²) in [5, 5.41) is 3.29. The van der Waals surface area contributed by atoms with Gasteiger partial charge in [-0.15, -0.1) is 0 Å². The molecule has 1 unspecified atom stereocenters. The van der Waals surface area contributed by atoms with E-state index in [2.05, 4.69) is 17.1 Å². The molecule has 5 nitrogen and oxygen atoms in total. The number of piperazine rings is 1. The van der Waals surface area contributed by atoms with Gasteiger partial charge >= 0.3 is 6.09 Å². The number of rotatable bonds is 1. The van der Waals surface area contributed by atoms with Crippen LogP contribution in [0.15, 0.2) is 0 Å². The van der Waals surface area contributed by atoms with E-state index in [1.54, 1.807) is 0 Å². The summed E-state index contributed by atoms with van der Waals surface area (Å²) in [7, 11) is 0. The quantitative estimate of drug-likeness (QED) is 0.756. The van der Waals surface area contributed by atoms with Gasteiger partial charge in [0.25, 0.3) is 0 Å². The molecule has 1 amide bonds. The van der Waals surface area contributed by atoms with Crippen molar-refractivity contribution in [3.05, 3.63) is 0 Å². The number of amides is 1. The minimum Gasteiger partial charge on any atom is -0.444 e. The lowest BCUT2D eigenvalue weighted by Crippen LogP contribution is -2.64. The van der Waals surface area contributed by atoms with E-state index < -0.39 is 5.60 Å². The molecule has 2 heterocycles. The molecular weight excluding hydrogens is 230 g/mol. The molecule has 5 heteroatoms. The van der Waals surface area contributed by atoms with Gasteiger partial charge in [-0.2, -0.15) is 0 Å². The Hall–Kier alpha value is -0.810. The van der Waals surface area contributed by atoms with Crippen molar-refractivity contribution in [1.82, 2.24) is 15.1 Å². The van der Waals surface area contributed by atoms with Gasteiger partial charge in [0.05, 0.1) is 0 Å². The zero-order valence-electron chi connectivity index (χ0n) is 11.9. The second-order valence-electron chi connectivity index (χ2n) is 6.33. The fourth-order valence-electron chi connectivity index (χ4n) is 2.44. The highest BCUT2D eigenvalue weighted by Gasteiger charge is 2.34. The number of nitrogens with zero attached hydrogens (tertiary/aromatic N) is 2. The Labute approximate surface area is 109 Å². The van der Waals surface area contributed by atoms with Gasteiger partial charge in [-0.25, -0.2) is 4.79 Å². The molecule has 2 rings (SSSR count). The summed E-state index contributed by atoms with van der Waals surface area (Å²) in [6, 6.07) is 0.891. The zero-order valence-corrected chi connectivity index (χ0v) is 11.9. The van der Waals surface area contributed by atoms with Gasteiger partial charge in [-0.05, 0) is 27.7 Å². The predicted molar refractivity (Wildman–Crippen MR) is 70.6 cm³/mol. The molecule has 2 aliphatic rings. The lowest BCUT2D eigenvalue weighted by molar-refractivity contribution is -0.00834. The average molecular weight is 255 g/mol. The fourth-order valence-corrected chi connectivity index (χ4v) is 2.44. The molecule has 2 saturated heterocycles. The summed E-state index contributed by atoms with van der Waals surface area (Å²) in [6.45, 7) is 12.7. The number of carbonyl (C=O) groups is 1. The third-order valence-electron chi connectivity index (χ3n) is 3.56. The van der Waals surface area contributed by atoms with Crippen LogP contribution < -0.4 is 5.32 Å². The Morgan fingerprint density at radius 2 is 1.94 bits per heavy atom. The summed E-state index contributed by atoms with van der Waals surface area (Å²) in [5.41, 5.74) is -0.411. The van der Waals surface area contributed by atoms with Gasteiger partial charge in [-0.1, -0.05) is 0 Å². The summed E-state index contributed by atoms with van der Waals surface area (Å²) < 4.78 is 5.44. The largest absolute Gasteiger partial charge is 0.444 e. The Morgan fingerprint density at radius 1 is 1.28 bits per heavy atom. The molecule has 0 aromatic heterocycles. The Morgan fingerprint density at radius 3 is 2.39 bits per heavy atom. The maximum Gasteiger partial charge on any atom is 0.410 e. The molecule has 2 aliphatic heterocycles. The second kappa shape index (κ2) is 5.05. The SMILES string of the molecule is CC1CN(C2CNC2)CCN1C(=O)OC(C)(C)C.